The summed E-state index contributed by atoms with van der Waals surface area (Å²) in [5, 5.41) is 1.14. The number of H-pyrrole nitrogens is 1. The quantitative estimate of drug-likeness (QED) is 0.516. The van der Waals surface area contributed by atoms with Crippen molar-refractivity contribution in [1.82, 2.24) is 19.9 Å². The monoisotopic (exact) mass is 413 g/mol. The number of nitrogens with zero attached hydrogens (tertiary/aromatic N) is 4. The van der Waals surface area contributed by atoms with Gasteiger partial charge in [0.05, 0.1) is 18.9 Å². The van der Waals surface area contributed by atoms with Gasteiger partial charge in [0.2, 0.25) is 0 Å². The molecule has 5 rings (SSSR count). The van der Waals surface area contributed by atoms with E-state index in [0.717, 1.165) is 73.2 Å². The maximum Gasteiger partial charge on any atom is 0.162 e. The molecule has 0 bridgehead atoms. The Balaban J connectivity index is 1.49. The summed E-state index contributed by atoms with van der Waals surface area (Å²) in [7, 11) is 2.13. The lowest BCUT2D eigenvalue weighted by Crippen LogP contribution is -2.37. The summed E-state index contributed by atoms with van der Waals surface area (Å²) in [5.74, 6) is 1.75. The van der Waals surface area contributed by atoms with Crippen molar-refractivity contribution in [2.45, 2.75) is 13.1 Å². The third-order valence-electron chi connectivity index (χ3n) is 5.66. The van der Waals surface area contributed by atoms with Gasteiger partial charge in [0.25, 0.3) is 0 Å². The van der Waals surface area contributed by atoms with Crippen LogP contribution in [0.5, 0.6) is 0 Å². The molecule has 158 valence electrons. The van der Waals surface area contributed by atoms with E-state index in [1.54, 1.807) is 0 Å². The van der Waals surface area contributed by atoms with Crippen LogP contribution in [0.25, 0.3) is 22.3 Å². The van der Waals surface area contributed by atoms with E-state index in [9.17, 15) is 0 Å². The summed E-state index contributed by atoms with van der Waals surface area (Å²) in [4.78, 5) is 17.8. The molecule has 1 aliphatic heterocycles. The maximum atomic E-state index is 5.55. The number of rotatable bonds is 6. The zero-order valence-electron chi connectivity index (χ0n) is 17.8. The topological polar surface area (TPSA) is 57.3 Å². The van der Waals surface area contributed by atoms with Crippen molar-refractivity contribution in [1.29, 1.82) is 0 Å². The second kappa shape index (κ2) is 8.88. The first kappa shape index (κ1) is 19.7. The van der Waals surface area contributed by atoms with Crippen LogP contribution in [0.3, 0.4) is 0 Å². The Morgan fingerprint density at radius 3 is 2.65 bits per heavy atom. The van der Waals surface area contributed by atoms with Crippen LogP contribution in [0.15, 0.2) is 66.9 Å². The number of ether oxygens (including phenoxy) is 1. The molecule has 0 spiro atoms. The minimum atomic E-state index is 0.732. The van der Waals surface area contributed by atoms with E-state index in [0.29, 0.717) is 0 Å². The molecule has 2 aromatic carbocycles. The average Bonchev–Trinajstić information content (AvgIpc) is 3.29. The van der Waals surface area contributed by atoms with Crippen molar-refractivity contribution < 1.29 is 4.74 Å². The van der Waals surface area contributed by atoms with Crippen LogP contribution in [0.2, 0.25) is 0 Å². The molecule has 6 nitrogen and oxygen atoms in total. The summed E-state index contributed by atoms with van der Waals surface area (Å²) in [6.45, 7) is 4.80. The average molecular weight is 414 g/mol. The molecule has 0 unspecified atom stereocenters. The number of fused-ring (bicyclic) bond motifs is 1. The lowest BCUT2D eigenvalue weighted by molar-refractivity contribution is 0.122. The van der Waals surface area contributed by atoms with Crippen LogP contribution in [0.4, 0.5) is 5.82 Å². The molecule has 0 atom stereocenters. The van der Waals surface area contributed by atoms with E-state index >= 15 is 0 Å². The number of morpholine rings is 1. The third-order valence-corrected chi connectivity index (χ3v) is 5.66. The van der Waals surface area contributed by atoms with Crippen molar-refractivity contribution >= 4 is 16.7 Å². The number of anilines is 1. The molecule has 1 aliphatic rings. The van der Waals surface area contributed by atoms with Gasteiger partial charge in [-0.2, -0.15) is 0 Å². The number of nitrogens with one attached hydrogen (secondary N) is 1. The van der Waals surface area contributed by atoms with Gasteiger partial charge >= 0.3 is 0 Å². The fraction of sp³-hybridized carbons (Fsp3) is 0.280. The molecule has 3 heterocycles. The van der Waals surface area contributed by atoms with E-state index < -0.39 is 0 Å². The van der Waals surface area contributed by atoms with Crippen LogP contribution >= 0.6 is 0 Å². The molecular formula is C25H27N5O. The lowest BCUT2D eigenvalue weighted by Gasteiger charge is -2.28. The zero-order chi connectivity index (χ0) is 21.0. The van der Waals surface area contributed by atoms with Crippen molar-refractivity contribution in [2.75, 3.05) is 38.3 Å². The standard InChI is InChI=1S/C25H27N5O/c1-29(17-19-6-3-2-4-7-19)18-20-16-24(30-12-14-31-15-13-30)28-25(27-20)22-8-5-9-23-21(22)10-11-26-23/h2-11,16,26H,12-15,17-18H2,1H3. The molecule has 4 aromatic rings. The third kappa shape index (κ3) is 4.45. The van der Waals surface area contributed by atoms with Crippen LogP contribution in [0.1, 0.15) is 11.3 Å². The van der Waals surface area contributed by atoms with Crippen LogP contribution in [-0.4, -0.2) is 53.2 Å². The molecule has 0 radical (unpaired) electrons. The van der Waals surface area contributed by atoms with Crippen LogP contribution < -0.4 is 4.90 Å². The highest BCUT2D eigenvalue weighted by Gasteiger charge is 2.17. The van der Waals surface area contributed by atoms with Gasteiger partial charge in [-0.1, -0.05) is 42.5 Å². The number of hydrogen-bond donors (Lipinski definition) is 1. The first-order valence-electron chi connectivity index (χ1n) is 10.8. The van der Waals surface area contributed by atoms with Gasteiger partial charge in [0.1, 0.15) is 5.82 Å². The van der Waals surface area contributed by atoms with Gasteiger partial charge < -0.3 is 14.6 Å². The van der Waals surface area contributed by atoms with E-state index in [-0.39, 0.29) is 0 Å². The molecule has 0 amide bonds. The fourth-order valence-electron chi connectivity index (χ4n) is 4.15. The highest BCUT2D eigenvalue weighted by atomic mass is 16.5. The molecule has 1 N–H and O–H groups in total. The summed E-state index contributed by atoms with van der Waals surface area (Å²) >= 11 is 0. The number of aromatic amines is 1. The molecule has 0 saturated carbocycles. The van der Waals surface area contributed by atoms with Crippen LogP contribution in [-0.2, 0) is 17.8 Å². The van der Waals surface area contributed by atoms with Crippen LogP contribution in [0, 0.1) is 0 Å². The largest absolute Gasteiger partial charge is 0.378 e. The van der Waals surface area contributed by atoms with E-state index in [2.05, 4.69) is 82.5 Å². The van der Waals surface area contributed by atoms with Gasteiger partial charge in [0, 0.05) is 54.9 Å². The minimum Gasteiger partial charge on any atom is -0.378 e. The Kier molecular flexibility index (Phi) is 5.65. The molecule has 2 aromatic heterocycles. The second-order valence-corrected chi connectivity index (χ2v) is 8.04. The molecular weight excluding hydrogens is 386 g/mol. The number of benzene rings is 2. The number of hydrogen-bond acceptors (Lipinski definition) is 5. The maximum absolute atomic E-state index is 5.55. The molecule has 31 heavy (non-hydrogen) atoms. The minimum absolute atomic E-state index is 0.732. The second-order valence-electron chi connectivity index (χ2n) is 8.04. The normalized spacial score (nSPS) is 14.5. The van der Waals surface area contributed by atoms with E-state index in [1.807, 2.05) is 6.20 Å². The molecule has 1 fully saturated rings. The first-order valence-corrected chi connectivity index (χ1v) is 10.8. The SMILES string of the molecule is CN(Cc1ccccc1)Cc1cc(N2CCOCC2)nc(-c2cccc3[nH]ccc23)n1. The Morgan fingerprint density at radius 1 is 0.968 bits per heavy atom. The number of aromatic nitrogens is 3. The van der Waals surface area contributed by atoms with Crippen molar-refractivity contribution in [2.24, 2.45) is 0 Å². The lowest BCUT2D eigenvalue weighted by atomic mass is 10.1. The highest BCUT2D eigenvalue weighted by Crippen LogP contribution is 2.28. The van der Waals surface area contributed by atoms with E-state index in [1.165, 1.54) is 5.56 Å². The molecule has 1 saturated heterocycles. The first-order chi connectivity index (χ1) is 15.3. The zero-order valence-corrected chi connectivity index (χ0v) is 17.8. The summed E-state index contributed by atoms with van der Waals surface area (Å²) in [6.07, 6.45) is 1.97. The van der Waals surface area contributed by atoms with Gasteiger partial charge in [-0.05, 0) is 24.7 Å². The highest BCUT2D eigenvalue weighted by molar-refractivity contribution is 5.93. The Bertz CT molecular complexity index is 1150. The smallest absolute Gasteiger partial charge is 0.162 e. The van der Waals surface area contributed by atoms with Gasteiger partial charge in [-0.15, -0.1) is 0 Å². The van der Waals surface area contributed by atoms with Crippen molar-refractivity contribution in [3.8, 4) is 11.4 Å². The van der Waals surface area contributed by atoms with Crippen molar-refractivity contribution in [3.63, 3.8) is 0 Å². The predicted molar refractivity (Wildman–Crippen MR) is 124 cm³/mol. The fourth-order valence-corrected chi connectivity index (χ4v) is 4.15. The summed E-state index contributed by atoms with van der Waals surface area (Å²) < 4.78 is 5.55. The van der Waals surface area contributed by atoms with Crippen molar-refractivity contribution in [3.05, 3.63) is 78.1 Å². The summed E-state index contributed by atoms with van der Waals surface area (Å²) in [6, 6.07) is 21.0. The van der Waals surface area contributed by atoms with Gasteiger partial charge in [0.15, 0.2) is 5.82 Å². The van der Waals surface area contributed by atoms with E-state index in [4.69, 9.17) is 14.7 Å². The Morgan fingerprint density at radius 2 is 1.81 bits per heavy atom. The summed E-state index contributed by atoms with van der Waals surface area (Å²) in [5.41, 5.74) is 4.48. The van der Waals surface area contributed by atoms with Gasteiger partial charge in [-0.25, -0.2) is 9.97 Å². The van der Waals surface area contributed by atoms with Gasteiger partial charge in [-0.3, -0.25) is 4.90 Å². The molecule has 6 heteroatoms. The Hall–Kier alpha value is -3.22. The predicted octanol–water partition coefficient (Wildman–Crippen LogP) is 4.09. The molecule has 0 aliphatic carbocycles. The Labute approximate surface area is 182 Å².